The molecule has 31 heavy (non-hydrogen) atoms. The summed E-state index contributed by atoms with van der Waals surface area (Å²) in [5, 5.41) is 1.05. The monoisotopic (exact) mass is 413 g/mol. The minimum absolute atomic E-state index is 0.0496. The first-order chi connectivity index (χ1) is 15.0. The van der Waals surface area contributed by atoms with Crippen LogP contribution in [-0.2, 0) is 9.59 Å². The summed E-state index contributed by atoms with van der Waals surface area (Å²) in [5.41, 5.74) is 6.11. The summed E-state index contributed by atoms with van der Waals surface area (Å²) >= 11 is 0. The van der Waals surface area contributed by atoms with E-state index in [-0.39, 0.29) is 29.9 Å². The Bertz CT molecular complexity index is 1300. The van der Waals surface area contributed by atoms with Gasteiger partial charge in [-0.2, -0.15) is 0 Å². The molecule has 2 aliphatic rings. The van der Waals surface area contributed by atoms with Crippen LogP contribution in [-0.4, -0.2) is 41.1 Å². The van der Waals surface area contributed by atoms with Gasteiger partial charge < -0.3 is 14.5 Å². The highest BCUT2D eigenvalue weighted by molar-refractivity contribution is 6.57. The number of methoxy groups -OCH3 is 1. The van der Waals surface area contributed by atoms with Crippen LogP contribution in [0.3, 0.4) is 0 Å². The number of Topliss-reactive ketones (excluding diaryl/α,β-unsaturated/α-hetero) is 2. The van der Waals surface area contributed by atoms with E-state index in [9.17, 15) is 9.59 Å². The van der Waals surface area contributed by atoms with Gasteiger partial charge in [-0.05, 0) is 43.7 Å². The average molecular weight is 413 g/mol. The molecule has 6 heteroatoms. The molecule has 0 aliphatic carbocycles. The quantitative estimate of drug-likeness (QED) is 0.667. The van der Waals surface area contributed by atoms with Crippen molar-refractivity contribution in [2.75, 3.05) is 7.11 Å². The largest absolute Gasteiger partial charge is 0.497 e. The number of aliphatic imine (C=N–C) groups is 2. The fourth-order valence-corrected chi connectivity index (χ4v) is 4.75. The van der Waals surface area contributed by atoms with Crippen LogP contribution in [0.4, 0.5) is 5.69 Å². The second-order valence-corrected chi connectivity index (χ2v) is 8.27. The number of carbonyl (C=O) groups excluding carboxylic acids is 2. The number of ketones is 2. The van der Waals surface area contributed by atoms with Gasteiger partial charge in [0.15, 0.2) is 0 Å². The number of aromatic amines is 1. The number of benzene rings is 2. The number of carbonyl (C=O) groups is 2. The van der Waals surface area contributed by atoms with Gasteiger partial charge in [0.05, 0.1) is 30.2 Å². The highest BCUT2D eigenvalue weighted by Gasteiger charge is 2.38. The van der Waals surface area contributed by atoms with Crippen LogP contribution in [0.1, 0.15) is 49.4 Å². The Balaban J connectivity index is 1.81. The fraction of sp³-hybridized carbons (Fsp3) is 0.280. The van der Waals surface area contributed by atoms with Gasteiger partial charge in [0, 0.05) is 35.2 Å². The molecule has 1 N–H and O–H groups in total. The van der Waals surface area contributed by atoms with Crippen LogP contribution in [0, 0.1) is 0 Å². The van der Waals surface area contributed by atoms with Crippen molar-refractivity contribution < 1.29 is 14.3 Å². The van der Waals surface area contributed by atoms with Crippen molar-refractivity contribution in [3.63, 3.8) is 0 Å². The van der Waals surface area contributed by atoms with E-state index in [1.54, 1.807) is 21.0 Å². The number of hydrogen-bond donors (Lipinski definition) is 1. The predicted octanol–water partition coefficient (Wildman–Crippen LogP) is 4.52. The molecule has 5 rings (SSSR count). The molecular weight excluding hydrogens is 390 g/mol. The zero-order valence-corrected chi connectivity index (χ0v) is 17.7. The molecule has 3 aromatic rings. The first-order valence-electron chi connectivity index (χ1n) is 10.4. The minimum Gasteiger partial charge on any atom is -0.497 e. The molecule has 2 aliphatic heterocycles. The smallest absolute Gasteiger partial charge is 0.131 e. The lowest BCUT2D eigenvalue weighted by Crippen LogP contribution is -2.22. The van der Waals surface area contributed by atoms with Crippen LogP contribution in [0.5, 0.6) is 5.75 Å². The molecule has 1 aromatic heterocycles. The molecule has 6 nitrogen and oxygen atoms in total. The summed E-state index contributed by atoms with van der Waals surface area (Å²) in [6.45, 7) is 3.17. The highest BCUT2D eigenvalue weighted by Crippen LogP contribution is 2.42. The molecule has 156 valence electrons. The molecule has 0 bridgehead atoms. The number of nitrogens with zero attached hydrogens (tertiary/aromatic N) is 2. The second kappa shape index (κ2) is 7.30. The topological polar surface area (TPSA) is 83.9 Å². The van der Waals surface area contributed by atoms with Crippen LogP contribution < -0.4 is 4.74 Å². The normalized spacial score (nSPS) is 19.1. The maximum absolute atomic E-state index is 12.3. The zero-order chi connectivity index (χ0) is 21.7. The average Bonchev–Trinajstić information content (AvgIpc) is 3.26. The van der Waals surface area contributed by atoms with E-state index in [1.807, 2.05) is 36.4 Å². The Morgan fingerprint density at radius 2 is 1.81 bits per heavy atom. The first-order valence-corrected chi connectivity index (χ1v) is 10.4. The lowest BCUT2D eigenvalue weighted by molar-refractivity contribution is -0.119. The molecule has 0 fully saturated rings. The van der Waals surface area contributed by atoms with E-state index in [2.05, 4.69) is 11.1 Å². The summed E-state index contributed by atoms with van der Waals surface area (Å²) in [7, 11) is 1.63. The van der Waals surface area contributed by atoms with Gasteiger partial charge in [-0.15, -0.1) is 0 Å². The number of nitrogens with one attached hydrogen (secondary N) is 1. The van der Waals surface area contributed by atoms with Gasteiger partial charge in [0.25, 0.3) is 0 Å². The van der Waals surface area contributed by atoms with Crippen molar-refractivity contribution >= 4 is 39.6 Å². The summed E-state index contributed by atoms with van der Waals surface area (Å²) in [6, 6.07) is 13.4. The third kappa shape index (κ3) is 3.19. The van der Waals surface area contributed by atoms with E-state index in [4.69, 9.17) is 14.7 Å². The zero-order valence-electron chi connectivity index (χ0n) is 17.7. The molecule has 0 saturated heterocycles. The SMILES string of the molecule is COc1ccc2c(c1)C1=NC(CC(C)=O)C(CC(C)=O)c3c([nH]c4ccccc34)C1=N2. The molecule has 0 saturated carbocycles. The van der Waals surface area contributed by atoms with Crippen molar-refractivity contribution in [3.05, 3.63) is 59.3 Å². The Labute approximate surface area is 180 Å². The maximum atomic E-state index is 12.3. The number of ether oxygens (including phenoxy) is 1. The Kier molecular flexibility index (Phi) is 4.58. The van der Waals surface area contributed by atoms with Crippen molar-refractivity contribution in [1.82, 2.24) is 4.98 Å². The lowest BCUT2D eigenvalue weighted by atomic mass is 9.83. The number of para-hydroxylation sites is 1. The van der Waals surface area contributed by atoms with Crippen LogP contribution in [0.15, 0.2) is 52.4 Å². The second-order valence-electron chi connectivity index (χ2n) is 8.27. The molecule has 3 heterocycles. The van der Waals surface area contributed by atoms with Gasteiger partial charge >= 0.3 is 0 Å². The predicted molar refractivity (Wildman–Crippen MR) is 121 cm³/mol. The van der Waals surface area contributed by atoms with E-state index >= 15 is 0 Å². The number of hydrogen-bond acceptors (Lipinski definition) is 5. The number of rotatable bonds is 5. The fourth-order valence-electron chi connectivity index (χ4n) is 4.75. The molecule has 2 aromatic carbocycles. The van der Waals surface area contributed by atoms with E-state index in [0.717, 1.165) is 50.6 Å². The van der Waals surface area contributed by atoms with E-state index in [1.165, 1.54) is 0 Å². The summed E-state index contributed by atoms with van der Waals surface area (Å²) in [6.07, 6.45) is 0.592. The van der Waals surface area contributed by atoms with Crippen LogP contribution in [0.25, 0.3) is 10.9 Å². The lowest BCUT2D eigenvalue weighted by Gasteiger charge is -2.22. The number of aromatic nitrogens is 1. The van der Waals surface area contributed by atoms with Crippen molar-refractivity contribution in [2.24, 2.45) is 9.98 Å². The van der Waals surface area contributed by atoms with Crippen molar-refractivity contribution in [1.29, 1.82) is 0 Å². The van der Waals surface area contributed by atoms with Gasteiger partial charge in [0.2, 0.25) is 0 Å². The third-order valence-electron chi connectivity index (χ3n) is 6.03. The summed E-state index contributed by atoms with van der Waals surface area (Å²) in [5.74, 6) is 0.643. The Morgan fingerprint density at radius 3 is 2.55 bits per heavy atom. The minimum atomic E-state index is -0.348. The molecule has 2 atom stereocenters. The molecule has 0 amide bonds. The van der Waals surface area contributed by atoms with E-state index in [0.29, 0.717) is 6.42 Å². The van der Waals surface area contributed by atoms with E-state index < -0.39 is 0 Å². The van der Waals surface area contributed by atoms with Gasteiger partial charge in [0.1, 0.15) is 23.0 Å². The van der Waals surface area contributed by atoms with Gasteiger partial charge in [-0.1, -0.05) is 18.2 Å². The first kappa shape index (κ1) is 19.4. The van der Waals surface area contributed by atoms with Crippen LogP contribution >= 0.6 is 0 Å². The standard InChI is InChI=1S/C25H23N3O3/c1-13(29)10-17-21(11-14(2)30)28-23-18-12-15(31-3)8-9-20(18)27-25(23)24-22(17)16-6-4-5-7-19(16)26-24/h4-9,12,17,21,26H,10-11H2,1-3H3. The van der Waals surface area contributed by atoms with Crippen molar-refractivity contribution in [3.8, 4) is 5.75 Å². The number of H-pyrrole nitrogens is 1. The maximum Gasteiger partial charge on any atom is 0.131 e. The van der Waals surface area contributed by atoms with Gasteiger partial charge in [-0.25, -0.2) is 4.99 Å². The highest BCUT2D eigenvalue weighted by atomic mass is 16.5. The number of fused-ring (bicyclic) bond motifs is 7. The third-order valence-corrected chi connectivity index (χ3v) is 6.03. The molecule has 0 spiro atoms. The molecule has 0 radical (unpaired) electrons. The van der Waals surface area contributed by atoms with Crippen molar-refractivity contribution in [2.45, 2.75) is 38.6 Å². The Morgan fingerprint density at radius 1 is 1.03 bits per heavy atom. The summed E-state index contributed by atoms with van der Waals surface area (Å²) in [4.78, 5) is 37.9. The van der Waals surface area contributed by atoms with Gasteiger partial charge in [-0.3, -0.25) is 9.79 Å². The Hall–Kier alpha value is -3.54. The molecular formula is C25H23N3O3. The molecule has 2 unspecified atom stereocenters. The summed E-state index contributed by atoms with van der Waals surface area (Å²) < 4.78 is 5.42. The van der Waals surface area contributed by atoms with Crippen LogP contribution in [0.2, 0.25) is 0 Å².